The van der Waals surface area contributed by atoms with E-state index in [-0.39, 0.29) is 40.4 Å². The van der Waals surface area contributed by atoms with Crippen LogP contribution in [0.15, 0.2) is 12.1 Å². The first-order valence-corrected chi connectivity index (χ1v) is 8.11. The Balaban J connectivity index is 1.66. The number of benzene rings is 1. The Morgan fingerprint density at radius 1 is 1.29 bits per heavy atom. The molecule has 126 valence electrons. The first-order valence-electron chi connectivity index (χ1n) is 7.35. The summed E-state index contributed by atoms with van der Waals surface area (Å²) in [7, 11) is 0. The molecule has 2 aliphatic heterocycles. The maximum absolute atomic E-state index is 13.6. The summed E-state index contributed by atoms with van der Waals surface area (Å²) < 4.78 is 18.6. The zero-order chi connectivity index (χ0) is 17.0. The van der Waals surface area contributed by atoms with Gasteiger partial charge in [-0.3, -0.25) is 9.69 Å². The topological polar surface area (TPSA) is 65.6 Å². The molecule has 2 saturated heterocycles. The van der Waals surface area contributed by atoms with E-state index >= 15 is 0 Å². The number of amides is 2. The number of aromatic amines is 1. The van der Waals surface area contributed by atoms with E-state index in [1.807, 2.05) is 0 Å². The van der Waals surface area contributed by atoms with Crippen LogP contribution < -0.4 is 0 Å². The minimum Gasteiger partial charge on any atom is -0.447 e. The smallest absolute Gasteiger partial charge is 0.410 e. The highest BCUT2D eigenvalue weighted by atomic mass is 35.5. The molecule has 6 nitrogen and oxygen atoms in total. The van der Waals surface area contributed by atoms with Gasteiger partial charge in [0.25, 0.3) is 5.91 Å². The zero-order valence-electron chi connectivity index (χ0n) is 12.3. The lowest BCUT2D eigenvalue weighted by molar-refractivity contribution is 0.0612. The summed E-state index contributed by atoms with van der Waals surface area (Å²) >= 11 is 12.2. The fraction of sp³-hybridized carbons (Fsp3) is 0.333. The summed E-state index contributed by atoms with van der Waals surface area (Å²) in [5.74, 6) is -0.911. The first-order chi connectivity index (χ1) is 11.5. The fourth-order valence-electron chi connectivity index (χ4n) is 3.16. The van der Waals surface area contributed by atoms with Crippen molar-refractivity contribution in [3.8, 4) is 0 Å². The van der Waals surface area contributed by atoms with Crippen LogP contribution >= 0.6 is 23.2 Å². The van der Waals surface area contributed by atoms with E-state index in [1.165, 1.54) is 12.1 Å². The zero-order valence-corrected chi connectivity index (χ0v) is 13.8. The standard InChI is InChI=1S/C15H12Cl2FN3O3/c16-11-8(18)1-2-9-10(11)12(17)13(19-9)14(22)20-3-4-21-7(5-20)6-24-15(21)23/h1-2,7,19H,3-6H2. The monoisotopic (exact) mass is 371 g/mol. The van der Waals surface area contributed by atoms with Crippen LogP contribution in [-0.4, -0.2) is 59.1 Å². The lowest BCUT2D eigenvalue weighted by Crippen LogP contribution is -2.53. The van der Waals surface area contributed by atoms with Gasteiger partial charge in [0.15, 0.2) is 0 Å². The first kappa shape index (κ1) is 15.5. The minimum atomic E-state index is -0.598. The van der Waals surface area contributed by atoms with Gasteiger partial charge in [-0.2, -0.15) is 0 Å². The van der Waals surface area contributed by atoms with Gasteiger partial charge in [-0.15, -0.1) is 0 Å². The quantitative estimate of drug-likeness (QED) is 0.837. The lowest BCUT2D eigenvalue weighted by atomic mass is 10.2. The van der Waals surface area contributed by atoms with E-state index in [0.29, 0.717) is 30.5 Å². The molecule has 1 aromatic carbocycles. The number of halogens is 3. The van der Waals surface area contributed by atoms with Crippen molar-refractivity contribution in [3.63, 3.8) is 0 Å². The molecular formula is C15H12Cl2FN3O3. The van der Waals surface area contributed by atoms with Crippen molar-refractivity contribution in [2.45, 2.75) is 6.04 Å². The molecule has 1 atom stereocenters. The van der Waals surface area contributed by atoms with E-state index in [1.54, 1.807) is 9.80 Å². The molecular weight excluding hydrogens is 360 g/mol. The number of rotatable bonds is 1. The highest BCUT2D eigenvalue weighted by molar-refractivity contribution is 6.44. The van der Waals surface area contributed by atoms with Crippen LogP contribution in [0.25, 0.3) is 10.9 Å². The van der Waals surface area contributed by atoms with Gasteiger partial charge in [0, 0.05) is 30.5 Å². The van der Waals surface area contributed by atoms with E-state index < -0.39 is 5.82 Å². The summed E-state index contributed by atoms with van der Waals surface area (Å²) in [5, 5.41) is 0.271. The van der Waals surface area contributed by atoms with Gasteiger partial charge in [-0.1, -0.05) is 23.2 Å². The number of nitrogens with zero attached hydrogens (tertiary/aromatic N) is 2. The van der Waals surface area contributed by atoms with Gasteiger partial charge in [-0.05, 0) is 12.1 Å². The van der Waals surface area contributed by atoms with Gasteiger partial charge in [0.2, 0.25) is 0 Å². The molecule has 4 rings (SSSR count). The number of ether oxygens (including phenoxy) is 1. The highest BCUT2D eigenvalue weighted by Crippen LogP contribution is 2.35. The molecule has 0 saturated carbocycles. The molecule has 24 heavy (non-hydrogen) atoms. The molecule has 1 unspecified atom stereocenters. The third-order valence-corrected chi connectivity index (χ3v) is 5.16. The number of piperazine rings is 1. The van der Waals surface area contributed by atoms with Gasteiger partial charge >= 0.3 is 6.09 Å². The van der Waals surface area contributed by atoms with Crippen LogP contribution in [0.4, 0.5) is 9.18 Å². The third kappa shape index (κ3) is 2.22. The Labute approximate surface area is 146 Å². The molecule has 1 N–H and O–H groups in total. The minimum absolute atomic E-state index is 0.0978. The van der Waals surface area contributed by atoms with Gasteiger partial charge in [0.1, 0.15) is 18.1 Å². The van der Waals surface area contributed by atoms with Gasteiger partial charge in [0.05, 0.1) is 16.1 Å². The van der Waals surface area contributed by atoms with E-state index in [2.05, 4.69) is 4.98 Å². The van der Waals surface area contributed by atoms with Gasteiger partial charge in [-0.25, -0.2) is 9.18 Å². The average molecular weight is 372 g/mol. The molecule has 3 heterocycles. The summed E-state index contributed by atoms with van der Waals surface area (Å²) in [5.41, 5.74) is 0.658. The molecule has 2 aliphatic rings. The Bertz CT molecular complexity index is 869. The van der Waals surface area contributed by atoms with Crippen LogP contribution in [0.5, 0.6) is 0 Å². The maximum Gasteiger partial charge on any atom is 0.410 e. The SMILES string of the molecule is O=C(c1[nH]c2ccc(F)c(Cl)c2c1Cl)N1CCN2C(=O)OCC2C1. The van der Waals surface area contributed by atoms with Crippen LogP contribution in [0.2, 0.25) is 10.0 Å². The number of H-pyrrole nitrogens is 1. The molecule has 0 spiro atoms. The third-order valence-electron chi connectivity index (χ3n) is 4.41. The van der Waals surface area contributed by atoms with Crippen LogP contribution in [0, 0.1) is 5.82 Å². The number of hydrogen-bond donors (Lipinski definition) is 1. The predicted octanol–water partition coefficient (Wildman–Crippen LogP) is 2.89. The Kier molecular flexibility index (Phi) is 3.58. The van der Waals surface area contributed by atoms with Crippen molar-refractivity contribution in [1.29, 1.82) is 0 Å². The normalized spacial score (nSPS) is 20.5. The van der Waals surface area contributed by atoms with Crippen molar-refractivity contribution in [3.05, 3.63) is 33.7 Å². The molecule has 2 amide bonds. The molecule has 0 bridgehead atoms. The molecule has 1 aromatic heterocycles. The number of fused-ring (bicyclic) bond motifs is 2. The van der Waals surface area contributed by atoms with Crippen LogP contribution in [0.1, 0.15) is 10.5 Å². The van der Waals surface area contributed by atoms with Crippen molar-refractivity contribution in [2.24, 2.45) is 0 Å². The number of carbonyl (C=O) groups is 2. The summed E-state index contributed by atoms with van der Waals surface area (Å²) in [6.45, 7) is 1.40. The second-order valence-corrected chi connectivity index (χ2v) is 6.53. The van der Waals surface area contributed by atoms with Crippen molar-refractivity contribution >= 4 is 46.1 Å². The molecule has 9 heteroatoms. The van der Waals surface area contributed by atoms with Crippen molar-refractivity contribution in [2.75, 3.05) is 26.2 Å². The van der Waals surface area contributed by atoms with Crippen LogP contribution in [0.3, 0.4) is 0 Å². The van der Waals surface area contributed by atoms with E-state index in [0.717, 1.165) is 0 Å². The molecule has 0 aliphatic carbocycles. The van der Waals surface area contributed by atoms with Crippen LogP contribution in [-0.2, 0) is 4.74 Å². The molecule has 2 fully saturated rings. The number of nitrogens with one attached hydrogen (secondary N) is 1. The Morgan fingerprint density at radius 2 is 2.08 bits per heavy atom. The summed E-state index contributed by atoms with van der Waals surface area (Å²) in [6, 6.07) is 2.55. The highest BCUT2D eigenvalue weighted by Gasteiger charge is 2.39. The number of cyclic esters (lactones) is 1. The van der Waals surface area contributed by atoms with Gasteiger partial charge < -0.3 is 14.6 Å². The molecule has 2 aromatic rings. The summed E-state index contributed by atoms with van der Waals surface area (Å²) in [4.78, 5) is 30.4. The average Bonchev–Trinajstić information content (AvgIpc) is 3.11. The van der Waals surface area contributed by atoms with E-state index in [9.17, 15) is 14.0 Å². The maximum atomic E-state index is 13.6. The van der Waals surface area contributed by atoms with Crippen molar-refractivity contribution in [1.82, 2.24) is 14.8 Å². The fourth-order valence-corrected chi connectivity index (χ4v) is 3.79. The van der Waals surface area contributed by atoms with E-state index in [4.69, 9.17) is 27.9 Å². The predicted molar refractivity (Wildman–Crippen MR) is 86.0 cm³/mol. The number of aromatic nitrogens is 1. The van der Waals surface area contributed by atoms with Crippen molar-refractivity contribution < 1.29 is 18.7 Å². The largest absolute Gasteiger partial charge is 0.447 e. The Hall–Kier alpha value is -1.99. The second-order valence-electron chi connectivity index (χ2n) is 5.77. The lowest BCUT2D eigenvalue weighted by Gasteiger charge is -2.35. The molecule has 0 radical (unpaired) electrons. The Morgan fingerprint density at radius 3 is 2.88 bits per heavy atom. The number of hydrogen-bond acceptors (Lipinski definition) is 3. The number of carbonyl (C=O) groups excluding carboxylic acids is 2. The second kappa shape index (κ2) is 5.53. The summed E-state index contributed by atoms with van der Waals surface area (Å²) in [6.07, 6.45) is -0.349.